The molecule has 0 heterocycles. The van der Waals surface area contributed by atoms with Crippen molar-refractivity contribution in [1.82, 2.24) is 0 Å². The Morgan fingerprint density at radius 3 is 2.41 bits per heavy atom. The van der Waals surface area contributed by atoms with E-state index in [1.807, 2.05) is 0 Å². The van der Waals surface area contributed by atoms with E-state index in [9.17, 15) is 27.6 Å². The van der Waals surface area contributed by atoms with Gasteiger partial charge in [-0.15, -0.1) is 0 Å². The topological polar surface area (TPSA) is 72.7 Å². The Labute approximate surface area is 178 Å². The van der Waals surface area contributed by atoms with Crippen LogP contribution in [0.4, 0.5) is 13.2 Å². The van der Waals surface area contributed by atoms with E-state index in [1.54, 1.807) is 26.8 Å². The first-order valence-corrected chi connectivity index (χ1v) is 10.5. The molecular formula is C19H17ClF3NO3S2. The van der Waals surface area contributed by atoms with Crippen molar-refractivity contribution in [3.63, 3.8) is 0 Å². The van der Waals surface area contributed by atoms with Crippen molar-refractivity contribution in [2.24, 2.45) is 4.40 Å². The summed E-state index contributed by atoms with van der Waals surface area (Å²) in [6, 6.07) is 7.67. The Morgan fingerprint density at radius 2 is 1.86 bits per heavy atom. The summed E-state index contributed by atoms with van der Waals surface area (Å²) in [6.07, 6.45) is -3.56. The van der Waals surface area contributed by atoms with Gasteiger partial charge >= 0.3 is 12.1 Å². The molecule has 156 valence electrons. The smallest absolute Gasteiger partial charge is 0.416 e. The molecular weight excluding hydrogens is 447 g/mol. The molecule has 0 aromatic heterocycles. The number of halogens is 4. The van der Waals surface area contributed by atoms with Gasteiger partial charge in [0.25, 0.3) is 0 Å². The Balaban J connectivity index is 2.59. The highest BCUT2D eigenvalue weighted by Crippen LogP contribution is 2.41. The van der Waals surface area contributed by atoms with Crippen molar-refractivity contribution >= 4 is 46.9 Å². The average molecular weight is 464 g/mol. The van der Waals surface area contributed by atoms with Crippen LogP contribution >= 0.6 is 23.4 Å². The molecule has 1 atom stereocenters. The summed E-state index contributed by atoms with van der Waals surface area (Å²) in [6.45, 7) is 5.04. The zero-order valence-electron chi connectivity index (χ0n) is 15.6. The van der Waals surface area contributed by atoms with Gasteiger partial charge in [-0.05, 0) is 45.0 Å². The van der Waals surface area contributed by atoms with E-state index < -0.39 is 33.8 Å². The first kappa shape index (κ1) is 23.6. The molecule has 0 spiro atoms. The lowest BCUT2D eigenvalue weighted by Gasteiger charge is -2.18. The van der Waals surface area contributed by atoms with Crippen LogP contribution in [0.25, 0.3) is 0 Å². The zero-order chi connectivity index (χ0) is 22.0. The molecule has 0 aliphatic rings. The van der Waals surface area contributed by atoms with E-state index in [1.165, 1.54) is 18.2 Å². The van der Waals surface area contributed by atoms with Gasteiger partial charge in [-0.2, -0.15) is 13.2 Å². The molecule has 0 fully saturated rings. The number of hydrogen-bond donors (Lipinski definition) is 1. The van der Waals surface area contributed by atoms with Gasteiger partial charge in [-0.1, -0.05) is 39.9 Å². The van der Waals surface area contributed by atoms with Gasteiger partial charge in [0.1, 0.15) is 16.1 Å². The largest absolute Gasteiger partial charge is 0.591 e. The predicted molar refractivity (Wildman–Crippen MR) is 109 cm³/mol. The highest BCUT2D eigenvalue weighted by molar-refractivity contribution is 7.99. The van der Waals surface area contributed by atoms with E-state index in [2.05, 4.69) is 4.40 Å². The molecule has 0 saturated heterocycles. The molecule has 0 bridgehead atoms. The summed E-state index contributed by atoms with van der Waals surface area (Å²) in [5.74, 6) is -1.18. The lowest BCUT2D eigenvalue weighted by Crippen LogP contribution is -2.25. The maximum atomic E-state index is 13.2. The van der Waals surface area contributed by atoms with Crippen LogP contribution in [0.2, 0.25) is 5.02 Å². The number of nitrogens with zero attached hydrogens (tertiary/aromatic N) is 1. The predicted octanol–water partition coefficient (Wildman–Crippen LogP) is 6.09. The highest BCUT2D eigenvalue weighted by atomic mass is 35.5. The normalized spacial score (nSPS) is 13.7. The summed E-state index contributed by atoms with van der Waals surface area (Å²) in [5.41, 5.74) is -1.01. The van der Waals surface area contributed by atoms with E-state index in [4.69, 9.17) is 11.6 Å². The number of rotatable bonds is 5. The van der Waals surface area contributed by atoms with Crippen LogP contribution in [0.1, 0.15) is 42.3 Å². The van der Waals surface area contributed by atoms with Crippen molar-refractivity contribution in [2.45, 2.75) is 41.5 Å². The summed E-state index contributed by atoms with van der Waals surface area (Å²) in [4.78, 5) is 11.9. The van der Waals surface area contributed by atoms with Crippen molar-refractivity contribution in [1.29, 1.82) is 0 Å². The van der Waals surface area contributed by atoms with Crippen molar-refractivity contribution in [3.8, 4) is 0 Å². The van der Waals surface area contributed by atoms with Gasteiger partial charge in [-0.25, -0.2) is 4.79 Å². The average Bonchev–Trinajstić information content (AvgIpc) is 2.60. The molecule has 10 heteroatoms. The summed E-state index contributed by atoms with van der Waals surface area (Å²) in [7, 11) is 0. The van der Waals surface area contributed by atoms with Crippen LogP contribution in [-0.2, 0) is 17.5 Å². The third-order valence-corrected chi connectivity index (χ3v) is 6.53. The van der Waals surface area contributed by atoms with Crippen LogP contribution in [0, 0.1) is 0 Å². The van der Waals surface area contributed by atoms with Crippen molar-refractivity contribution in [3.05, 3.63) is 58.1 Å². The standard InChI is InChI=1S/C19H17ClF3NO3S2/c1-18(2,3)29(27)24-10-11-8-12(19(21,22)23)9-14(20)16(11)28-15-7-5-4-6-13(15)17(25)26/h4-10H,1-3H3,(H,25,26)/b24-10+. The van der Waals surface area contributed by atoms with Gasteiger partial charge < -0.3 is 9.66 Å². The second-order valence-electron chi connectivity index (χ2n) is 6.87. The number of carbonyl (C=O) groups is 1. The third kappa shape index (κ3) is 6.15. The van der Waals surface area contributed by atoms with Gasteiger partial charge in [-0.3, -0.25) is 0 Å². The number of carboxylic acids is 1. The van der Waals surface area contributed by atoms with Gasteiger partial charge in [0.2, 0.25) is 0 Å². The maximum absolute atomic E-state index is 13.2. The Morgan fingerprint density at radius 1 is 1.24 bits per heavy atom. The lowest BCUT2D eigenvalue weighted by molar-refractivity contribution is -0.137. The van der Waals surface area contributed by atoms with Gasteiger partial charge in [0, 0.05) is 15.4 Å². The molecule has 4 nitrogen and oxygen atoms in total. The molecule has 2 rings (SSSR count). The van der Waals surface area contributed by atoms with Gasteiger partial charge in [0.05, 0.1) is 22.4 Å². The summed E-state index contributed by atoms with van der Waals surface area (Å²) >= 11 is 5.33. The number of carboxylic acid groups (broad SMARTS) is 1. The Kier molecular flexibility index (Phi) is 7.32. The molecule has 0 amide bonds. The number of hydrogen-bond acceptors (Lipinski definition) is 4. The number of aromatic carboxylic acids is 1. The molecule has 0 aliphatic carbocycles. The second kappa shape index (κ2) is 8.99. The first-order valence-electron chi connectivity index (χ1n) is 8.17. The minimum Gasteiger partial charge on any atom is -0.591 e. The Hall–Kier alpha value is -1.68. The first-order chi connectivity index (χ1) is 13.3. The van der Waals surface area contributed by atoms with Crippen LogP contribution in [-0.4, -0.2) is 26.6 Å². The second-order valence-corrected chi connectivity index (χ2v) is 10.3. The third-order valence-electron chi connectivity index (χ3n) is 3.54. The molecule has 0 aliphatic heterocycles. The van der Waals surface area contributed by atoms with Crippen molar-refractivity contribution in [2.75, 3.05) is 0 Å². The molecule has 0 saturated carbocycles. The summed E-state index contributed by atoms with van der Waals surface area (Å²) < 4.78 is 55.0. The summed E-state index contributed by atoms with van der Waals surface area (Å²) in [5, 5.41) is 9.12. The van der Waals surface area contributed by atoms with Crippen LogP contribution in [0.5, 0.6) is 0 Å². The Bertz CT molecular complexity index is 943. The monoisotopic (exact) mass is 463 g/mol. The lowest BCUT2D eigenvalue weighted by atomic mass is 10.1. The fourth-order valence-electron chi connectivity index (χ4n) is 2.09. The molecule has 29 heavy (non-hydrogen) atoms. The highest BCUT2D eigenvalue weighted by Gasteiger charge is 2.32. The molecule has 0 radical (unpaired) electrons. The van der Waals surface area contributed by atoms with E-state index in [-0.39, 0.29) is 21.0 Å². The minimum atomic E-state index is -4.64. The zero-order valence-corrected chi connectivity index (χ0v) is 18.0. The minimum absolute atomic E-state index is 0.00684. The molecule has 2 aromatic rings. The number of alkyl halides is 3. The van der Waals surface area contributed by atoms with Crippen molar-refractivity contribution < 1.29 is 27.6 Å². The maximum Gasteiger partial charge on any atom is 0.416 e. The van der Waals surface area contributed by atoms with Gasteiger partial charge in [0.15, 0.2) is 0 Å². The molecule has 2 aromatic carbocycles. The van der Waals surface area contributed by atoms with Crippen LogP contribution < -0.4 is 0 Å². The van der Waals surface area contributed by atoms with Crippen LogP contribution in [0.3, 0.4) is 0 Å². The van der Waals surface area contributed by atoms with E-state index >= 15 is 0 Å². The quantitative estimate of drug-likeness (QED) is 0.430. The number of benzene rings is 2. The fraction of sp³-hybridized carbons (Fsp3) is 0.263. The molecule has 1 N–H and O–H groups in total. The van der Waals surface area contributed by atoms with E-state index in [0.717, 1.165) is 30.1 Å². The van der Waals surface area contributed by atoms with E-state index in [0.29, 0.717) is 4.90 Å². The SMILES string of the molecule is CC(C)(C)[S+]([O-])/N=C/c1cc(C(F)(F)F)cc(Cl)c1Sc1ccccc1C(=O)O. The van der Waals surface area contributed by atoms with Crippen LogP contribution in [0.15, 0.2) is 50.6 Å². The fourth-order valence-corrected chi connectivity index (χ4v) is 3.97. The molecule has 1 unspecified atom stereocenters.